The summed E-state index contributed by atoms with van der Waals surface area (Å²) in [6.45, 7) is 14.0. The zero-order chi connectivity index (χ0) is 27.6. The molecule has 0 spiro atoms. The Morgan fingerprint density at radius 3 is 1.46 bits per heavy atom. The number of para-hydroxylation sites is 2. The van der Waals surface area contributed by atoms with Gasteiger partial charge < -0.3 is 29.2 Å². The summed E-state index contributed by atoms with van der Waals surface area (Å²) in [6.07, 6.45) is -2.25. The summed E-state index contributed by atoms with van der Waals surface area (Å²) in [4.78, 5) is 23.1. The number of hydrogen-bond acceptors (Lipinski definition) is 8. The van der Waals surface area contributed by atoms with Crippen molar-refractivity contribution in [2.45, 2.75) is 58.5 Å². The second-order valence-corrected chi connectivity index (χ2v) is 9.17. The minimum absolute atomic E-state index is 0.0192. The maximum Gasteiger partial charge on any atom is 0.333 e. The normalized spacial score (nSPS) is 12.7. The van der Waals surface area contributed by atoms with E-state index in [0.29, 0.717) is 11.5 Å². The van der Waals surface area contributed by atoms with Gasteiger partial charge in [-0.2, -0.15) is 0 Å². The number of rotatable bonds is 14. The molecule has 0 amide bonds. The van der Waals surface area contributed by atoms with E-state index in [-0.39, 0.29) is 37.2 Å². The first-order chi connectivity index (χ1) is 17.4. The summed E-state index contributed by atoms with van der Waals surface area (Å²) in [7, 11) is 0. The third-order valence-corrected chi connectivity index (χ3v) is 5.54. The van der Waals surface area contributed by atoms with Gasteiger partial charge in [0, 0.05) is 40.5 Å². The van der Waals surface area contributed by atoms with E-state index in [9.17, 15) is 19.8 Å². The fraction of sp³-hybridized carbons (Fsp3) is 0.379. The first-order valence-electron chi connectivity index (χ1n) is 12.0. The molecule has 8 heteroatoms. The molecule has 2 rings (SSSR count). The van der Waals surface area contributed by atoms with Crippen molar-refractivity contribution in [3.63, 3.8) is 0 Å². The smallest absolute Gasteiger partial charge is 0.333 e. The number of hydrogen-bond donors (Lipinski definition) is 2. The Morgan fingerprint density at radius 2 is 1.11 bits per heavy atom. The largest absolute Gasteiger partial charge is 0.465 e. The highest BCUT2D eigenvalue weighted by Gasteiger charge is 2.30. The second kappa shape index (κ2) is 13.6. The van der Waals surface area contributed by atoms with Gasteiger partial charge >= 0.3 is 11.9 Å². The predicted octanol–water partition coefficient (Wildman–Crippen LogP) is 4.43. The number of carbonyl (C=O) groups excluding carboxylic acids is 2. The van der Waals surface area contributed by atoms with E-state index >= 15 is 0 Å². The molecule has 200 valence electrons. The van der Waals surface area contributed by atoms with E-state index in [4.69, 9.17) is 18.9 Å². The molecule has 2 unspecified atom stereocenters. The molecule has 0 bridgehead atoms. The molecule has 8 nitrogen and oxygen atoms in total. The van der Waals surface area contributed by atoms with Crippen LogP contribution in [0.1, 0.15) is 51.7 Å². The van der Waals surface area contributed by atoms with E-state index < -0.39 is 29.9 Å². The molecule has 2 atom stereocenters. The topological polar surface area (TPSA) is 112 Å². The summed E-state index contributed by atoms with van der Waals surface area (Å²) >= 11 is 0. The van der Waals surface area contributed by atoms with Gasteiger partial charge in [0.15, 0.2) is 0 Å². The monoisotopic (exact) mass is 512 g/mol. The van der Waals surface area contributed by atoms with Crippen LogP contribution in [0, 0.1) is 0 Å². The number of esters is 2. The number of benzene rings is 2. The van der Waals surface area contributed by atoms with E-state index in [2.05, 4.69) is 13.2 Å². The van der Waals surface area contributed by atoms with Crippen molar-refractivity contribution in [1.82, 2.24) is 0 Å². The zero-order valence-electron chi connectivity index (χ0n) is 21.9. The molecule has 0 heterocycles. The average Bonchev–Trinajstić information content (AvgIpc) is 2.84. The Hall–Kier alpha value is -3.62. The summed E-state index contributed by atoms with van der Waals surface area (Å²) in [5, 5.41) is 20.8. The van der Waals surface area contributed by atoms with E-state index in [1.807, 2.05) is 38.1 Å². The third-order valence-electron chi connectivity index (χ3n) is 5.54. The van der Waals surface area contributed by atoms with Crippen molar-refractivity contribution in [3.05, 3.63) is 84.0 Å². The first kappa shape index (κ1) is 29.6. The zero-order valence-corrected chi connectivity index (χ0v) is 21.9. The molecule has 0 aliphatic heterocycles. The van der Waals surface area contributed by atoms with E-state index in [1.165, 1.54) is 0 Å². The van der Waals surface area contributed by atoms with Gasteiger partial charge in [0.2, 0.25) is 12.6 Å². The number of aliphatic hydroxyl groups excluding tert-OH is 2. The molecule has 37 heavy (non-hydrogen) atoms. The highest BCUT2D eigenvalue weighted by Crippen LogP contribution is 2.41. The Labute approximate surface area is 218 Å². The lowest BCUT2D eigenvalue weighted by Crippen LogP contribution is -2.26. The van der Waals surface area contributed by atoms with Crippen LogP contribution in [0.3, 0.4) is 0 Å². The molecule has 0 aliphatic carbocycles. The lowest BCUT2D eigenvalue weighted by Gasteiger charge is -2.31. The third kappa shape index (κ3) is 8.77. The average molecular weight is 513 g/mol. The van der Waals surface area contributed by atoms with Crippen LogP contribution < -0.4 is 9.47 Å². The van der Waals surface area contributed by atoms with E-state index in [0.717, 1.165) is 11.1 Å². The minimum atomic E-state index is -1.20. The fourth-order valence-electron chi connectivity index (χ4n) is 3.48. The van der Waals surface area contributed by atoms with Crippen LogP contribution in [0.4, 0.5) is 0 Å². The highest BCUT2D eigenvalue weighted by atomic mass is 16.6. The molecule has 0 aliphatic rings. The maximum absolute atomic E-state index is 11.5. The van der Waals surface area contributed by atoms with Crippen molar-refractivity contribution in [2.75, 3.05) is 13.2 Å². The van der Waals surface area contributed by atoms with Gasteiger partial charge in [-0.1, -0.05) is 63.4 Å². The molecule has 2 aromatic carbocycles. The highest BCUT2D eigenvalue weighted by molar-refractivity contribution is 5.87. The summed E-state index contributed by atoms with van der Waals surface area (Å²) < 4.78 is 21.7. The van der Waals surface area contributed by atoms with Crippen molar-refractivity contribution < 1.29 is 38.7 Å². The molecule has 0 saturated heterocycles. The predicted molar refractivity (Wildman–Crippen MR) is 139 cm³/mol. The molecule has 2 aromatic rings. The Bertz CT molecular complexity index is 1020. The van der Waals surface area contributed by atoms with Crippen molar-refractivity contribution in [3.8, 4) is 11.5 Å². The van der Waals surface area contributed by atoms with Crippen LogP contribution in [-0.4, -0.2) is 47.9 Å². The van der Waals surface area contributed by atoms with Gasteiger partial charge in [0.1, 0.15) is 11.5 Å². The molecule has 0 fully saturated rings. The number of carbonyl (C=O) groups is 2. The van der Waals surface area contributed by atoms with Gasteiger partial charge in [0.25, 0.3) is 0 Å². The molecule has 0 saturated carbocycles. The summed E-state index contributed by atoms with van der Waals surface area (Å²) in [5.74, 6) is -0.149. The number of aliphatic hydroxyl groups is 2. The van der Waals surface area contributed by atoms with Crippen LogP contribution in [0.2, 0.25) is 0 Å². The van der Waals surface area contributed by atoms with Crippen LogP contribution >= 0.6 is 0 Å². The van der Waals surface area contributed by atoms with Crippen LogP contribution in [0.15, 0.2) is 72.8 Å². The van der Waals surface area contributed by atoms with Crippen LogP contribution in [-0.2, 0) is 24.5 Å². The Balaban J connectivity index is 2.15. The molecule has 2 N–H and O–H groups in total. The van der Waals surface area contributed by atoms with Gasteiger partial charge in [-0.3, -0.25) is 0 Å². The van der Waals surface area contributed by atoms with Crippen LogP contribution in [0.5, 0.6) is 11.5 Å². The summed E-state index contributed by atoms with van der Waals surface area (Å²) in [6, 6.07) is 14.6. The molecular formula is C29H36O8. The quantitative estimate of drug-likeness (QED) is 0.217. The fourth-order valence-corrected chi connectivity index (χ4v) is 3.48. The molecule has 0 aromatic heterocycles. The van der Waals surface area contributed by atoms with Crippen molar-refractivity contribution in [2.24, 2.45) is 0 Å². The van der Waals surface area contributed by atoms with E-state index in [1.54, 1.807) is 38.1 Å². The van der Waals surface area contributed by atoms with Gasteiger partial charge in [-0.15, -0.1) is 0 Å². The van der Waals surface area contributed by atoms with Crippen molar-refractivity contribution >= 4 is 11.9 Å². The number of ether oxygens (including phenoxy) is 4. The standard InChI is InChI=1S/C29H36O8/c1-19(2)27(32)34-17-15-25(30)36-23-13-9-7-11-21(23)29(5,6)22-12-8-10-14-24(22)37-26(31)16-18-35-28(33)20(3)4/h7-14,25-26,30-31H,1,3,15-18H2,2,4-6H3. The van der Waals surface area contributed by atoms with Gasteiger partial charge in [-0.05, 0) is 26.0 Å². The van der Waals surface area contributed by atoms with Gasteiger partial charge in [-0.25, -0.2) is 9.59 Å². The second-order valence-electron chi connectivity index (χ2n) is 9.17. The lowest BCUT2D eigenvalue weighted by molar-refractivity contribution is -0.142. The first-order valence-corrected chi connectivity index (χ1v) is 12.0. The minimum Gasteiger partial charge on any atom is -0.465 e. The van der Waals surface area contributed by atoms with Crippen molar-refractivity contribution in [1.29, 1.82) is 0 Å². The Morgan fingerprint density at radius 1 is 0.757 bits per heavy atom. The Kier molecular flexibility index (Phi) is 10.9. The summed E-state index contributed by atoms with van der Waals surface area (Å²) in [5.41, 5.74) is 1.44. The SMILES string of the molecule is C=C(C)C(=O)OCCC(O)Oc1ccccc1C(C)(C)c1ccccc1OC(O)CCOC(=O)C(=C)C. The molecule has 0 radical (unpaired) electrons. The molecular weight excluding hydrogens is 476 g/mol. The lowest BCUT2D eigenvalue weighted by atomic mass is 9.77. The maximum atomic E-state index is 11.5. The van der Waals surface area contributed by atoms with Crippen LogP contribution in [0.25, 0.3) is 0 Å². The van der Waals surface area contributed by atoms with Gasteiger partial charge in [0.05, 0.1) is 13.2 Å².